The third kappa shape index (κ3) is 3.48. The van der Waals surface area contributed by atoms with E-state index in [0.29, 0.717) is 45.9 Å². The molecule has 0 spiro atoms. The van der Waals surface area contributed by atoms with Gasteiger partial charge in [0.1, 0.15) is 22.6 Å². The number of nitrogens with zero attached hydrogens (tertiary/aromatic N) is 6. The molecule has 8 bridgehead atoms. The van der Waals surface area contributed by atoms with Crippen LogP contribution in [0.5, 0.6) is 0 Å². The number of rotatable bonds is 0. The Hall–Kier alpha value is -5.47. The lowest BCUT2D eigenvalue weighted by Crippen LogP contribution is -3.00. The molecular weight excluding hydrogens is 532 g/mol. The van der Waals surface area contributed by atoms with Crippen LogP contribution in [-0.4, -0.2) is 39.9 Å². The Kier molecular flexibility index (Phi) is 5.01. The quantitative estimate of drug-likeness (QED) is 0.297. The van der Waals surface area contributed by atoms with E-state index in [4.69, 9.17) is 29.9 Å². The Bertz CT molecular complexity index is 2030. The number of fused-ring (bicyclic) bond motifs is 20. The second-order valence-corrected chi connectivity index (χ2v) is 9.79. The van der Waals surface area contributed by atoms with Gasteiger partial charge in [0.15, 0.2) is 23.3 Å². The lowest BCUT2D eigenvalue weighted by Gasteiger charge is -1.96. The number of nitrogens with one attached hydrogen (secondary N) is 2. The van der Waals surface area contributed by atoms with Crippen LogP contribution in [0.3, 0.4) is 0 Å². The summed E-state index contributed by atoms with van der Waals surface area (Å²) >= 11 is 0. The Morgan fingerprint density at radius 1 is 0.317 bits per heavy atom. The van der Waals surface area contributed by atoms with Crippen LogP contribution in [0.1, 0.15) is 0 Å². The minimum Gasteiger partial charge on any atom is -1.00 e. The molecule has 2 aliphatic heterocycles. The summed E-state index contributed by atoms with van der Waals surface area (Å²) < 4.78 is 0. The van der Waals surface area contributed by atoms with Crippen LogP contribution in [0.15, 0.2) is 97.1 Å². The van der Waals surface area contributed by atoms with Crippen molar-refractivity contribution in [1.82, 2.24) is 39.9 Å². The smallest absolute Gasteiger partial charge is 0.164 e. The zero-order valence-electron chi connectivity index (χ0n) is 21.3. The van der Waals surface area contributed by atoms with Gasteiger partial charge in [0.05, 0.1) is 0 Å². The zero-order chi connectivity index (χ0) is 26.2. The summed E-state index contributed by atoms with van der Waals surface area (Å²) in [5.41, 5.74) is 6.45. The van der Waals surface area contributed by atoms with Gasteiger partial charge < -0.3 is 22.4 Å². The molecule has 7 aromatic rings. The van der Waals surface area contributed by atoms with Gasteiger partial charge >= 0.3 is 0 Å². The van der Waals surface area contributed by atoms with E-state index in [2.05, 4.69) is 9.97 Å². The van der Waals surface area contributed by atoms with Crippen molar-refractivity contribution in [2.75, 3.05) is 0 Å². The molecule has 0 radical (unpaired) electrons. The molecule has 4 aromatic carbocycles. The summed E-state index contributed by atoms with van der Waals surface area (Å²) in [6, 6.07) is 32.2. The molecule has 0 saturated heterocycles. The number of hydrogen-bond donors (Lipinski definition) is 2. The van der Waals surface area contributed by atoms with Crippen molar-refractivity contribution in [2.24, 2.45) is 0 Å². The van der Waals surface area contributed by atoms with Gasteiger partial charge in [0, 0.05) is 43.8 Å². The highest BCUT2D eigenvalue weighted by Crippen LogP contribution is 2.36. The highest BCUT2D eigenvalue weighted by molar-refractivity contribution is 6.06. The van der Waals surface area contributed by atoms with Crippen molar-refractivity contribution in [3.05, 3.63) is 97.1 Å². The number of benzene rings is 4. The average Bonchev–Trinajstić information content (AvgIpc) is 3.73. The van der Waals surface area contributed by atoms with E-state index < -0.39 is 0 Å². The number of halogens is 1. The Labute approximate surface area is 238 Å². The molecule has 2 N–H and O–H groups in total. The summed E-state index contributed by atoms with van der Waals surface area (Å²) in [7, 11) is 0. The van der Waals surface area contributed by atoms with E-state index in [9.17, 15) is 0 Å². The molecular formula is C32H18ClN8-. The average molecular weight is 550 g/mol. The highest BCUT2D eigenvalue weighted by Gasteiger charge is 2.21. The van der Waals surface area contributed by atoms with Crippen LogP contribution >= 0.6 is 0 Å². The maximum Gasteiger partial charge on any atom is 0.164 e. The summed E-state index contributed by atoms with van der Waals surface area (Å²) in [6.45, 7) is 0. The SMILES string of the molecule is [Cl-].c1ccc2c(c1)-c1nc-2nc2[nH]c(nc3nc(nc4[nH]c(n1)c1ccccc41)-c1ccccc1-3)c1ccccc21. The molecule has 0 amide bonds. The molecule has 0 unspecified atom stereocenters. The maximum absolute atomic E-state index is 5.02. The van der Waals surface area contributed by atoms with Crippen LogP contribution in [0.2, 0.25) is 0 Å². The van der Waals surface area contributed by atoms with Gasteiger partial charge in [-0.1, -0.05) is 97.1 Å². The largest absolute Gasteiger partial charge is 1.00 e. The maximum atomic E-state index is 5.02. The third-order valence-electron chi connectivity index (χ3n) is 7.46. The first-order valence-corrected chi connectivity index (χ1v) is 13.0. The summed E-state index contributed by atoms with van der Waals surface area (Å²) in [5, 5.41) is 3.82. The Morgan fingerprint density at radius 2 is 0.561 bits per heavy atom. The first-order valence-electron chi connectivity index (χ1n) is 13.0. The molecule has 0 saturated carbocycles. The number of hydrogen-bond acceptors (Lipinski definition) is 6. The van der Waals surface area contributed by atoms with Crippen molar-refractivity contribution in [1.29, 1.82) is 0 Å². The summed E-state index contributed by atoms with van der Waals surface area (Å²) in [5.74, 6) is 2.39. The summed E-state index contributed by atoms with van der Waals surface area (Å²) in [4.78, 5) is 36.8. The zero-order valence-corrected chi connectivity index (χ0v) is 22.1. The number of aromatic nitrogens is 8. The number of aromatic amines is 2. The standard InChI is InChI=1S/C32H18N8.ClH/c1-2-10-18-17(9-1)25-33-26(18)38-28-21-13-5-6-14-22(21)30(35-28)40-32-24-16-8-7-15-23(24)31(36-32)39-29-20-12-4-3-11-19(20)27(34-29)37-25;/h1-16H,(H2,33,34,35,36,37,38,39,40);1H/p-1. The van der Waals surface area contributed by atoms with E-state index in [0.717, 1.165) is 43.8 Å². The Morgan fingerprint density at radius 3 is 0.829 bits per heavy atom. The fourth-order valence-corrected chi connectivity index (χ4v) is 5.59. The van der Waals surface area contributed by atoms with Crippen molar-refractivity contribution >= 4 is 44.1 Å². The van der Waals surface area contributed by atoms with Gasteiger partial charge in [-0.2, -0.15) is 0 Å². The predicted molar refractivity (Wildman–Crippen MR) is 156 cm³/mol. The fraction of sp³-hybridized carbons (Fsp3) is 0. The van der Waals surface area contributed by atoms with Crippen LogP contribution < -0.4 is 12.4 Å². The minimum absolute atomic E-state index is 0. The number of H-pyrrole nitrogens is 2. The molecule has 0 fully saturated rings. The molecule has 9 heteroatoms. The molecule has 194 valence electrons. The van der Waals surface area contributed by atoms with Gasteiger partial charge in [-0.3, -0.25) is 0 Å². The normalized spacial score (nSPS) is 11.7. The lowest BCUT2D eigenvalue weighted by atomic mass is 10.1. The van der Waals surface area contributed by atoms with E-state index >= 15 is 0 Å². The predicted octanol–water partition coefficient (Wildman–Crippen LogP) is 3.87. The molecule has 8 nitrogen and oxygen atoms in total. The molecule has 5 heterocycles. The third-order valence-corrected chi connectivity index (χ3v) is 7.46. The Balaban J connectivity index is 0.00000256. The van der Waals surface area contributed by atoms with Crippen molar-refractivity contribution in [3.63, 3.8) is 0 Å². The molecule has 3 aromatic heterocycles. The van der Waals surface area contributed by atoms with E-state index in [1.54, 1.807) is 0 Å². The summed E-state index contributed by atoms with van der Waals surface area (Å²) in [6.07, 6.45) is 0. The second-order valence-electron chi connectivity index (χ2n) is 9.79. The second kappa shape index (κ2) is 8.77. The van der Waals surface area contributed by atoms with Gasteiger partial charge in [-0.15, -0.1) is 0 Å². The first-order chi connectivity index (χ1) is 19.8. The van der Waals surface area contributed by atoms with Gasteiger partial charge in [-0.05, 0) is 0 Å². The molecule has 0 aliphatic carbocycles. The fourth-order valence-electron chi connectivity index (χ4n) is 5.59. The van der Waals surface area contributed by atoms with Crippen LogP contribution in [0.25, 0.3) is 89.7 Å². The van der Waals surface area contributed by atoms with Crippen LogP contribution in [0, 0.1) is 0 Å². The monoisotopic (exact) mass is 549 g/mol. The van der Waals surface area contributed by atoms with Gasteiger partial charge in [0.2, 0.25) is 0 Å². The highest BCUT2D eigenvalue weighted by atomic mass is 35.5. The molecule has 41 heavy (non-hydrogen) atoms. The molecule has 9 rings (SSSR count). The molecule has 2 aliphatic rings. The van der Waals surface area contributed by atoms with Crippen LogP contribution in [0.4, 0.5) is 0 Å². The first kappa shape index (κ1) is 23.4. The van der Waals surface area contributed by atoms with Crippen molar-refractivity contribution < 1.29 is 12.4 Å². The molecule has 0 atom stereocenters. The van der Waals surface area contributed by atoms with Gasteiger partial charge in [-0.25, -0.2) is 29.9 Å². The van der Waals surface area contributed by atoms with E-state index in [1.165, 1.54) is 0 Å². The van der Waals surface area contributed by atoms with Gasteiger partial charge in [0.25, 0.3) is 0 Å². The van der Waals surface area contributed by atoms with Crippen molar-refractivity contribution in [2.45, 2.75) is 0 Å². The van der Waals surface area contributed by atoms with Crippen molar-refractivity contribution in [3.8, 4) is 45.6 Å². The minimum atomic E-state index is 0. The van der Waals surface area contributed by atoms with Crippen LogP contribution in [-0.2, 0) is 0 Å². The topological polar surface area (TPSA) is 109 Å². The van der Waals surface area contributed by atoms with E-state index in [1.807, 2.05) is 97.1 Å². The lowest BCUT2D eigenvalue weighted by molar-refractivity contribution is -0.00000821. The van der Waals surface area contributed by atoms with E-state index in [-0.39, 0.29) is 12.4 Å².